The first-order valence-corrected chi connectivity index (χ1v) is 8.95. The largest absolute Gasteiger partial charge is 0.497 e. The molecule has 0 radical (unpaired) electrons. The summed E-state index contributed by atoms with van der Waals surface area (Å²) in [5.74, 6) is 1.24. The van der Waals surface area contributed by atoms with Crippen LogP contribution in [-0.2, 0) is 0 Å². The van der Waals surface area contributed by atoms with Crippen molar-refractivity contribution < 1.29 is 13.9 Å². The summed E-state index contributed by atoms with van der Waals surface area (Å²) in [4.78, 5) is 15.0. The molecule has 2 heterocycles. The molecule has 27 heavy (non-hydrogen) atoms. The number of ether oxygens (including phenoxy) is 2. The third-order valence-corrected chi connectivity index (χ3v) is 4.90. The van der Waals surface area contributed by atoms with Crippen molar-refractivity contribution in [1.82, 2.24) is 5.32 Å². The molecule has 4 rings (SSSR count). The van der Waals surface area contributed by atoms with Gasteiger partial charge in [0.2, 0.25) is 0 Å². The molecule has 1 N–H and O–H groups in total. The van der Waals surface area contributed by atoms with Crippen LogP contribution >= 0.6 is 0 Å². The first-order valence-electron chi connectivity index (χ1n) is 8.95. The van der Waals surface area contributed by atoms with Crippen molar-refractivity contribution in [3.63, 3.8) is 0 Å². The molecule has 6 nitrogen and oxygen atoms in total. The van der Waals surface area contributed by atoms with Crippen molar-refractivity contribution in [3.05, 3.63) is 52.9 Å². The molecular formula is C21H22N2O4. The minimum absolute atomic E-state index is 0.386. The van der Waals surface area contributed by atoms with Gasteiger partial charge in [-0.1, -0.05) is 0 Å². The molecule has 0 bridgehead atoms. The van der Waals surface area contributed by atoms with Crippen LogP contribution in [0.1, 0.15) is 0 Å². The highest BCUT2D eigenvalue weighted by Gasteiger charge is 2.15. The van der Waals surface area contributed by atoms with Gasteiger partial charge in [0.1, 0.15) is 17.1 Å². The van der Waals surface area contributed by atoms with Gasteiger partial charge in [-0.05, 0) is 30.3 Å². The van der Waals surface area contributed by atoms with Crippen molar-refractivity contribution in [1.29, 1.82) is 0 Å². The lowest BCUT2D eigenvalue weighted by molar-refractivity contribution is 0.395. The average Bonchev–Trinajstić information content (AvgIpc) is 2.73. The zero-order valence-electron chi connectivity index (χ0n) is 15.5. The standard InChI is InChI=1S/C21H22N2O4/c1-25-16-5-6-17(20(13-16)26-2)18-11-14-3-4-15(12-19(14)27-21(18)24)23-9-7-22-8-10-23/h3-6,11-13,22H,7-10H2,1-2H3. The minimum Gasteiger partial charge on any atom is -0.497 e. The first kappa shape index (κ1) is 17.4. The van der Waals surface area contributed by atoms with Gasteiger partial charge in [-0.15, -0.1) is 0 Å². The molecule has 2 aromatic carbocycles. The molecule has 0 amide bonds. The number of anilines is 1. The van der Waals surface area contributed by atoms with Crippen molar-refractivity contribution in [2.24, 2.45) is 0 Å². The van der Waals surface area contributed by atoms with Crippen LogP contribution < -0.4 is 25.3 Å². The SMILES string of the molecule is COc1ccc(-c2cc3ccc(N4CCNCC4)cc3oc2=O)c(OC)c1. The molecule has 3 aromatic rings. The van der Waals surface area contributed by atoms with E-state index in [1.807, 2.05) is 24.3 Å². The van der Waals surface area contributed by atoms with Crippen LogP contribution in [-0.4, -0.2) is 40.4 Å². The quantitative estimate of drug-likeness (QED) is 0.717. The van der Waals surface area contributed by atoms with Gasteiger partial charge in [-0.25, -0.2) is 4.79 Å². The zero-order valence-corrected chi connectivity index (χ0v) is 15.5. The Kier molecular flexibility index (Phi) is 4.73. The van der Waals surface area contributed by atoms with E-state index in [2.05, 4.69) is 16.3 Å². The summed E-state index contributed by atoms with van der Waals surface area (Å²) in [5, 5.41) is 4.22. The lowest BCUT2D eigenvalue weighted by Crippen LogP contribution is -2.43. The monoisotopic (exact) mass is 366 g/mol. The number of fused-ring (bicyclic) bond motifs is 1. The van der Waals surface area contributed by atoms with Crippen LogP contribution in [0.2, 0.25) is 0 Å². The third-order valence-electron chi connectivity index (χ3n) is 4.90. The Bertz CT molecular complexity index is 1020. The molecule has 140 valence electrons. The molecule has 1 aliphatic rings. The number of rotatable bonds is 4. The van der Waals surface area contributed by atoms with Crippen LogP contribution in [0.3, 0.4) is 0 Å². The fourth-order valence-corrected chi connectivity index (χ4v) is 3.43. The highest BCUT2D eigenvalue weighted by atomic mass is 16.5. The predicted octanol–water partition coefficient (Wildman–Crippen LogP) is 2.89. The van der Waals surface area contributed by atoms with Crippen molar-refractivity contribution in [2.45, 2.75) is 0 Å². The van der Waals surface area contributed by atoms with Crippen LogP contribution in [0.4, 0.5) is 5.69 Å². The van der Waals surface area contributed by atoms with Gasteiger partial charge in [0.15, 0.2) is 0 Å². The van der Waals surface area contributed by atoms with E-state index in [4.69, 9.17) is 13.9 Å². The Morgan fingerprint density at radius 2 is 1.78 bits per heavy atom. The lowest BCUT2D eigenvalue weighted by Gasteiger charge is -2.29. The van der Waals surface area contributed by atoms with E-state index in [0.29, 0.717) is 28.2 Å². The number of nitrogens with one attached hydrogen (secondary N) is 1. The second-order valence-corrected chi connectivity index (χ2v) is 6.47. The highest BCUT2D eigenvalue weighted by molar-refractivity contribution is 5.85. The molecule has 1 saturated heterocycles. The van der Waals surface area contributed by atoms with Crippen molar-refractivity contribution >= 4 is 16.7 Å². The van der Waals surface area contributed by atoms with Crippen molar-refractivity contribution in [3.8, 4) is 22.6 Å². The molecule has 1 aliphatic heterocycles. The minimum atomic E-state index is -0.386. The number of hydrogen-bond acceptors (Lipinski definition) is 6. The second-order valence-electron chi connectivity index (χ2n) is 6.47. The summed E-state index contributed by atoms with van der Waals surface area (Å²) >= 11 is 0. The number of piperazine rings is 1. The van der Waals surface area contributed by atoms with E-state index < -0.39 is 0 Å². The molecule has 1 aromatic heterocycles. The van der Waals surface area contributed by atoms with Crippen LogP contribution in [0.15, 0.2) is 51.7 Å². The molecule has 6 heteroatoms. The Hall–Kier alpha value is -2.99. The second kappa shape index (κ2) is 7.32. The summed E-state index contributed by atoms with van der Waals surface area (Å²) in [7, 11) is 3.16. The maximum Gasteiger partial charge on any atom is 0.344 e. The van der Waals surface area contributed by atoms with Gasteiger partial charge >= 0.3 is 5.63 Å². The summed E-state index contributed by atoms with van der Waals surface area (Å²) in [6, 6.07) is 13.2. The number of hydrogen-bond donors (Lipinski definition) is 1. The lowest BCUT2D eigenvalue weighted by atomic mass is 10.0. The first-order chi connectivity index (χ1) is 13.2. The van der Waals surface area contributed by atoms with Gasteiger partial charge in [0, 0.05) is 54.9 Å². The summed E-state index contributed by atoms with van der Waals surface area (Å²) in [6.07, 6.45) is 0. The maximum atomic E-state index is 12.7. The molecule has 0 atom stereocenters. The molecule has 0 spiro atoms. The fraction of sp³-hybridized carbons (Fsp3) is 0.286. The Morgan fingerprint density at radius 1 is 0.963 bits per heavy atom. The molecule has 0 unspecified atom stereocenters. The van der Waals surface area contributed by atoms with E-state index in [0.717, 1.165) is 37.3 Å². The molecule has 1 fully saturated rings. The number of nitrogens with zero attached hydrogens (tertiary/aromatic N) is 1. The Labute approximate surface area is 157 Å². The normalized spacial score (nSPS) is 14.4. The Morgan fingerprint density at radius 3 is 2.52 bits per heavy atom. The fourth-order valence-electron chi connectivity index (χ4n) is 3.43. The molecule has 0 aliphatic carbocycles. The van der Waals surface area contributed by atoms with E-state index in [-0.39, 0.29) is 5.63 Å². The van der Waals surface area contributed by atoms with E-state index in [1.54, 1.807) is 26.4 Å². The summed E-state index contributed by atoms with van der Waals surface area (Å²) < 4.78 is 16.3. The average molecular weight is 366 g/mol. The number of benzene rings is 2. The predicted molar refractivity (Wildman–Crippen MR) is 106 cm³/mol. The van der Waals surface area contributed by atoms with Crippen LogP contribution in [0.25, 0.3) is 22.1 Å². The van der Waals surface area contributed by atoms with Gasteiger partial charge < -0.3 is 24.1 Å². The van der Waals surface area contributed by atoms with E-state index in [1.165, 1.54) is 0 Å². The van der Waals surface area contributed by atoms with Gasteiger partial charge in [0.25, 0.3) is 0 Å². The van der Waals surface area contributed by atoms with E-state index in [9.17, 15) is 4.79 Å². The van der Waals surface area contributed by atoms with Crippen molar-refractivity contribution in [2.75, 3.05) is 45.3 Å². The summed E-state index contributed by atoms with van der Waals surface area (Å²) in [6.45, 7) is 3.80. The zero-order chi connectivity index (χ0) is 18.8. The highest BCUT2D eigenvalue weighted by Crippen LogP contribution is 2.33. The van der Waals surface area contributed by atoms with Gasteiger partial charge in [0.05, 0.1) is 19.8 Å². The molecule has 0 saturated carbocycles. The van der Waals surface area contributed by atoms with Crippen LogP contribution in [0.5, 0.6) is 11.5 Å². The maximum absolute atomic E-state index is 12.7. The van der Waals surface area contributed by atoms with Crippen LogP contribution in [0, 0.1) is 0 Å². The van der Waals surface area contributed by atoms with E-state index >= 15 is 0 Å². The smallest absolute Gasteiger partial charge is 0.344 e. The topological polar surface area (TPSA) is 63.9 Å². The number of methoxy groups -OCH3 is 2. The van der Waals surface area contributed by atoms with Gasteiger partial charge in [-0.2, -0.15) is 0 Å². The Balaban J connectivity index is 1.77. The van der Waals surface area contributed by atoms with Gasteiger partial charge in [-0.3, -0.25) is 0 Å². The third kappa shape index (κ3) is 3.36. The summed E-state index contributed by atoms with van der Waals surface area (Å²) in [5.41, 5.74) is 2.43. The molecular weight excluding hydrogens is 344 g/mol.